The van der Waals surface area contributed by atoms with Gasteiger partial charge in [-0.1, -0.05) is 12.1 Å². The fraction of sp³-hybridized carbons (Fsp3) is 0.111. The van der Waals surface area contributed by atoms with Crippen LogP contribution in [0.2, 0.25) is 0 Å². The van der Waals surface area contributed by atoms with Crippen LogP contribution in [0, 0.1) is 6.92 Å². The van der Waals surface area contributed by atoms with Crippen LogP contribution in [0.25, 0.3) is 0 Å². The van der Waals surface area contributed by atoms with Crippen molar-refractivity contribution < 1.29 is 14.7 Å². The van der Waals surface area contributed by atoms with Gasteiger partial charge in [-0.15, -0.1) is 0 Å². The number of rotatable bonds is 2. The minimum atomic E-state index is -1.02. The maximum absolute atomic E-state index is 11.1. The number of hydrogen-bond donors (Lipinski definition) is 2. The first-order valence-electron chi connectivity index (χ1n) is 3.66. The van der Waals surface area contributed by atoms with Gasteiger partial charge >= 0.3 is 0 Å². The standard InChI is InChI=1S/C9H9NO3/c1-5-6(8(12)9(10)13)3-2-4-7(5)11/h2-4,11H,1H3,(H2,10,13). The molecular weight excluding hydrogens is 170 g/mol. The van der Waals surface area contributed by atoms with Gasteiger partial charge in [0.25, 0.3) is 5.91 Å². The van der Waals surface area contributed by atoms with Crippen LogP contribution in [0.15, 0.2) is 18.2 Å². The first kappa shape index (κ1) is 9.25. The Hall–Kier alpha value is -1.84. The maximum Gasteiger partial charge on any atom is 0.289 e. The Morgan fingerprint density at radius 2 is 2.00 bits per heavy atom. The van der Waals surface area contributed by atoms with Crippen LogP contribution < -0.4 is 5.73 Å². The molecule has 0 saturated carbocycles. The Morgan fingerprint density at radius 3 is 2.54 bits per heavy atom. The van der Waals surface area contributed by atoms with Gasteiger partial charge in [-0.2, -0.15) is 0 Å². The predicted molar refractivity (Wildman–Crippen MR) is 46.4 cm³/mol. The quantitative estimate of drug-likeness (QED) is 0.508. The number of carbonyl (C=O) groups excluding carboxylic acids is 2. The molecule has 0 bridgehead atoms. The van der Waals surface area contributed by atoms with E-state index in [2.05, 4.69) is 0 Å². The zero-order chi connectivity index (χ0) is 10.0. The van der Waals surface area contributed by atoms with E-state index in [0.717, 1.165) is 0 Å². The number of Topliss-reactive ketones (excluding diaryl/α,β-unsaturated/α-hetero) is 1. The van der Waals surface area contributed by atoms with Crippen molar-refractivity contribution in [1.29, 1.82) is 0 Å². The van der Waals surface area contributed by atoms with Gasteiger partial charge < -0.3 is 10.8 Å². The van der Waals surface area contributed by atoms with Crippen LogP contribution in [0.4, 0.5) is 0 Å². The van der Waals surface area contributed by atoms with Crippen LogP contribution in [-0.4, -0.2) is 16.8 Å². The summed E-state index contributed by atoms with van der Waals surface area (Å²) < 4.78 is 0. The van der Waals surface area contributed by atoms with Gasteiger partial charge in [0.05, 0.1) is 0 Å². The molecule has 0 aromatic heterocycles. The number of primary amides is 1. The Balaban J connectivity index is 3.23. The van der Waals surface area contributed by atoms with E-state index in [4.69, 9.17) is 5.73 Å². The van der Waals surface area contributed by atoms with Gasteiger partial charge in [-0.3, -0.25) is 9.59 Å². The molecule has 0 fully saturated rings. The number of phenolic OH excluding ortho intramolecular Hbond substituents is 1. The largest absolute Gasteiger partial charge is 0.508 e. The highest BCUT2D eigenvalue weighted by molar-refractivity contribution is 6.42. The summed E-state index contributed by atoms with van der Waals surface area (Å²) in [7, 11) is 0. The SMILES string of the molecule is Cc1c(O)cccc1C(=O)C(N)=O. The van der Waals surface area contributed by atoms with Crippen molar-refractivity contribution in [2.75, 3.05) is 0 Å². The van der Waals surface area contributed by atoms with Crippen molar-refractivity contribution in [2.45, 2.75) is 6.92 Å². The molecule has 4 nitrogen and oxygen atoms in total. The molecule has 68 valence electrons. The molecular formula is C9H9NO3. The number of nitrogens with two attached hydrogens (primary N) is 1. The molecule has 0 aliphatic rings. The zero-order valence-electron chi connectivity index (χ0n) is 7.07. The number of amides is 1. The third-order valence-electron chi connectivity index (χ3n) is 1.77. The first-order valence-corrected chi connectivity index (χ1v) is 3.66. The minimum Gasteiger partial charge on any atom is -0.508 e. The third-order valence-corrected chi connectivity index (χ3v) is 1.77. The van der Waals surface area contributed by atoms with E-state index in [9.17, 15) is 14.7 Å². The minimum absolute atomic E-state index is 0.0212. The molecule has 0 saturated heterocycles. The number of carbonyl (C=O) groups is 2. The monoisotopic (exact) mass is 179 g/mol. The summed E-state index contributed by atoms with van der Waals surface area (Å²) in [5.74, 6) is -1.82. The van der Waals surface area contributed by atoms with Crippen molar-refractivity contribution in [3.63, 3.8) is 0 Å². The van der Waals surface area contributed by atoms with Crippen molar-refractivity contribution in [2.24, 2.45) is 5.73 Å². The molecule has 0 heterocycles. The lowest BCUT2D eigenvalue weighted by Gasteiger charge is -2.03. The summed E-state index contributed by atoms with van der Waals surface area (Å²) in [6.45, 7) is 1.55. The van der Waals surface area contributed by atoms with Crippen molar-refractivity contribution in [1.82, 2.24) is 0 Å². The molecule has 13 heavy (non-hydrogen) atoms. The lowest BCUT2D eigenvalue weighted by molar-refractivity contribution is -0.114. The molecule has 0 unspecified atom stereocenters. The molecule has 4 heteroatoms. The Kier molecular flexibility index (Phi) is 2.32. The maximum atomic E-state index is 11.1. The lowest BCUT2D eigenvalue weighted by atomic mass is 10.0. The molecule has 0 aliphatic heterocycles. The Labute approximate surface area is 75.0 Å². The van der Waals surface area contributed by atoms with E-state index >= 15 is 0 Å². The van der Waals surface area contributed by atoms with Gasteiger partial charge in [0.2, 0.25) is 5.78 Å². The van der Waals surface area contributed by atoms with E-state index in [1.54, 1.807) is 6.92 Å². The summed E-state index contributed by atoms with van der Waals surface area (Å²) >= 11 is 0. The van der Waals surface area contributed by atoms with Gasteiger partial charge in [0, 0.05) is 11.1 Å². The fourth-order valence-electron chi connectivity index (χ4n) is 1.00. The topological polar surface area (TPSA) is 80.4 Å². The molecule has 0 radical (unpaired) electrons. The smallest absolute Gasteiger partial charge is 0.289 e. The second-order valence-corrected chi connectivity index (χ2v) is 2.64. The average molecular weight is 179 g/mol. The molecule has 0 atom stereocenters. The molecule has 0 spiro atoms. The molecule has 1 amide bonds. The van der Waals surface area contributed by atoms with Gasteiger partial charge in [0.15, 0.2) is 0 Å². The molecule has 3 N–H and O–H groups in total. The van der Waals surface area contributed by atoms with Crippen LogP contribution in [0.3, 0.4) is 0 Å². The summed E-state index contributed by atoms with van der Waals surface area (Å²) in [4.78, 5) is 21.7. The number of phenols is 1. The molecule has 0 aliphatic carbocycles. The van der Waals surface area contributed by atoms with E-state index in [1.807, 2.05) is 0 Å². The highest BCUT2D eigenvalue weighted by Crippen LogP contribution is 2.19. The van der Waals surface area contributed by atoms with E-state index < -0.39 is 11.7 Å². The fourth-order valence-corrected chi connectivity index (χ4v) is 1.00. The van der Waals surface area contributed by atoms with Crippen LogP contribution in [0.1, 0.15) is 15.9 Å². The highest BCUT2D eigenvalue weighted by Gasteiger charge is 2.15. The van der Waals surface area contributed by atoms with E-state index in [0.29, 0.717) is 5.56 Å². The second kappa shape index (κ2) is 3.26. The number of hydrogen-bond acceptors (Lipinski definition) is 3. The van der Waals surface area contributed by atoms with Gasteiger partial charge in [-0.05, 0) is 13.0 Å². The predicted octanol–water partition coefficient (Wildman–Crippen LogP) is 0.369. The molecule has 1 aromatic carbocycles. The molecule has 1 aromatic rings. The Bertz CT molecular complexity index is 371. The van der Waals surface area contributed by atoms with Crippen LogP contribution in [-0.2, 0) is 4.79 Å². The third kappa shape index (κ3) is 1.66. The van der Waals surface area contributed by atoms with Crippen molar-refractivity contribution in [3.8, 4) is 5.75 Å². The normalized spacial score (nSPS) is 9.62. The summed E-state index contributed by atoms with van der Waals surface area (Å²) in [5.41, 5.74) is 5.33. The lowest BCUT2D eigenvalue weighted by Crippen LogP contribution is -2.23. The average Bonchev–Trinajstić information content (AvgIpc) is 2.08. The summed E-state index contributed by atoms with van der Waals surface area (Å²) in [6, 6.07) is 4.37. The second-order valence-electron chi connectivity index (χ2n) is 2.64. The number of aromatic hydroxyl groups is 1. The van der Waals surface area contributed by atoms with Crippen molar-refractivity contribution >= 4 is 11.7 Å². The summed E-state index contributed by atoms with van der Waals surface area (Å²) in [6.07, 6.45) is 0. The zero-order valence-corrected chi connectivity index (χ0v) is 7.07. The highest BCUT2D eigenvalue weighted by atomic mass is 16.3. The van der Waals surface area contributed by atoms with Crippen LogP contribution >= 0.6 is 0 Å². The Morgan fingerprint density at radius 1 is 1.38 bits per heavy atom. The van der Waals surface area contributed by atoms with Gasteiger partial charge in [0.1, 0.15) is 5.75 Å². The first-order chi connectivity index (χ1) is 6.04. The summed E-state index contributed by atoms with van der Waals surface area (Å²) in [5, 5.41) is 9.23. The van der Waals surface area contributed by atoms with Gasteiger partial charge in [-0.25, -0.2) is 0 Å². The molecule has 1 rings (SSSR count). The number of benzene rings is 1. The van der Waals surface area contributed by atoms with E-state index in [-0.39, 0.29) is 11.3 Å². The van der Waals surface area contributed by atoms with E-state index in [1.165, 1.54) is 18.2 Å². The van der Waals surface area contributed by atoms with Crippen LogP contribution in [0.5, 0.6) is 5.75 Å². The van der Waals surface area contributed by atoms with Crippen molar-refractivity contribution in [3.05, 3.63) is 29.3 Å². The number of ketones is 1.